The lowest BCUT2D eigenvalue weighted by Gasteiger charge is -2.18. The molecule has 0 radical (unpaired) electrons. The molecule has 7 heteroatoms. The number of hydrogen-bond acceptors (Lipinski definition) is 4. The number of amides is 1. The zero-order chi connectivity index (χ0) is 13.1. The van der Waals surface area contributed by atoms with Gasteiger partial charge in [0.05, 0.1) is 10.9 Å². The fourth-order valence-corrected chi connectivity index (χ4v) is 2.64. The molecule has 2 rings (SSSR count). The predicted octanol–water partition coefficient (Wildman–Crippen LogP) is 2.49. The lowest BCUT2D eigenvalue weighted by atomic mass is 10.4. The molecular weight excluding hydrogens is 272 g/mol. The Bertz CT molecular complexity index is 551. The van der Waals surface area contributed by atoms with Crippen LogP contribution in [0.1, 0.15) is 28.2 Å². The molecule has 96 valence electrons. The van der Waals surface area contributed by atoms with Gasteiger partial charge in [-0.3, -0.25) is 9.89 Å². The van der Waals surface area contributed by atoms with E-state index in [9.17, 15) is 4.79 Å². The van der Waals surface area contributed by atoms with Crippen molar-refractivity contribution in [1.29, 1.82) is 0 Å². The van der Waals surface area contributed by atoms with E-state index >= 15 is 0 Å². The second kappa shape index (κ2) is 5.49. The van der Waals surface area contributed by atoms with Gasteiger partial charge in [-0.05, 0) is 26.0 Å². The Morgan fingerprint density at radius 2 is 2.33 bits per heavy atom. The third-order valence-corrected chi connectivity index (χ3v) is 3.65. The Kier molecular flexibility index (Phi) is 3.98. The number of aromatic amines is 1. The van der Waals surface area contributed by atoms with Crippen LogP contribution in [0.25, 0.3) is 0 Å². The van der Waals surface area contributed by atoms with Crippen LogP contribution in [0.5, 0.6) is 0 Å². The average Bonchev–Trinajstić information content (AvgIpc) is 2.94. The summed E-state index contributed by atoms with van der Waals surface area (Å²) in [6, 6.07) is 3.75. The SMILES string of the molecule is CCN(Cc1ccc(Cl)s1)C(=O)c1n[nH]c(C)n1. The fraction of sp³-hybridized carbons (Fsp3) is 0.364. The van der Waals surface area contributed by atoms with E-state index < -0.39 is 0 Å². The molecular formula is C11H13ClN4OS. The second-order valence-electron chi connectivity index (χ2n) is 3.77. The summed E-state index contributed by atoms with van der Waals surface area (Å²) in [6.45, 7) is 4.81. The van der Waals surface area contributed by atoms with Gasteiger partial charge >= 0.3 is 0 Å². The predicted molar refractivity (Wildman–Crippen MR) is 70.9 cm³/mol. The summed E-state index contributed by atoms with van der Waals surface area (Å²) in [7, 11) is 0. The van der Waals surface area contributed by atoms with Gasteiger partial charge in [0, 0.05) is 11.4 Å². The lowest BCUT2D eigenvalue weighted by Crippen LogP contribution is -2.30. The normalized spacial score (nSPS) is 10.6. The molecule has 0 saturated heterocycles. The maximum atomic E-state index is 12.2. The summed E-state index contributed by atoms with van der Waals surface area (Å²) in [4.78, 5) is 18.9. The van der Waals surface area contributed by atoms with Gasteiger partial charge in [0.2, 0.25) is 5.82 Å². The van der Waals surface area contributed by atoms with Crippen molar-refractivity contribution in [2.45, 2.75) is 20.4 Å². The monoisotopic (exact) mass is 284 g/mol. The Labute approximate surface area is 114 Å². The minimum absolute atomic E-state index is 0.175. The number of aromatic nitrogens is 3. The highest BCUT2D eigenvalue weighted by atomic mass is 35.5. The molecule has 0 aliphatic carbocycles. The van der Waals surface area contributed by atoms with E-state index in [1.54, 1.807) is 11.8 Å². The van der Waals surface area contributed by atoms with Crippen molar-refractivity contribution in [3.05, 3.63) is 33.0 Å². The van der Waals surface area contributed by atoms with Gasteiger partial charge in [-0.25, -0.2) is 4.98 Å². The quantitative estimate of drug-likeness (QED) is 0.938. The number of thiophene rings is 1. The summed E-state index contributed by atoms with van der Waals surface area (Å²) in [5, 5.41) is 6.55. The van der Waals surface area contributed by atoms with Crippen molar-refractivity contribution in [3.63, 3.8) is 0 Å². The minimum atomic E-state index is -0.175. The maximum absolute atomic E-state index is 12.2. The van der Waals surface area contributed by atoms with E-state index in [1.165, 1.54) is 11.3 Å². The molecule has 0 bridgehead atoms. The van der Waals surface area contributed by atoms with Crippen LogP contribution in [0.4, 0.5) is 0 Å². The van der Waals surface area contributed by atoms with Crippen molar-refractivity contribution in [2.75, 3.05) is 6.54 Å². The van der Waals surface area contributed by atoms with E-state index in [-0.39, 0.29) is 11.7 Å². The van der Waals surface area contributed by atoms with Crippen LogP contribution in [-0.2, 0) is 6.54 Å². The summed E-state index contributed by atoms with van der Waals surface area (Å²) < 4.78 is 0.724. The molecule has 0 fully saturated rings. The largest absolute Gasteiger partial charge is 0.331 e. The molecule has 18 heavy (non-hydrogen) atoms. The van der Waals surface area contributed by atoms with E-state index in [0.29, 0.717) is 18.9 Å². The van der Waals surface area contributed by atoms with Gasteiger partial charge < -0.3 is 4.90 Å². The number of rotatable bonds is 4. The fourth-order valence-electron chi connectivity index (χ4n) is 1.53. The number of H-pyrrole nitrogens is 1. The number of hydrogen-bond donors (Lipinski definition) is 1. The summed E-state index contributed by atoms with van der Waals surface area (Å²) in [5.41, 5.74) is 0. The van der Waals surface area contributed by atoms with E-state index in [0.717, 1.165) is 9.21 Å². The minimum Gasteiger partial charge on any atom is -0.331 e. The highest BCUT2D eigenvalue weighted by molar-refractivity contribution is 7.16. The second-order valence-corrected chi connectivity index (χ2v) is 5.57. The van der Waals surface area contributed by atoms with Gasteiger partial charge in [0.15, 0.2) is 0 Å². The Hall–Kier alpha value is -1.40. The Balaban J connectivity index is 2.11. The molecule has 5 nitrogen and oxygen atoms in total. The van der Waals surface area contributed by atoms with Crippen LogP contribution >= 0.6 is 22.9 Å². The van der Waals surface area contributed by atoms with Crippen molar-refractivity contribution >= 4 is 28.8 Å². The maximum Gasteiger partial charge on any atom is 0.293 e. The molecule has 2 aromatic rings. The summed E-state index contributed by atoms with van der Waals surface area (Å²) >= 11 is 7.34. The molecule has 0 atom stereocenters. The Morgan fingerprint density at radius 3 is 2.83 bits per heavy atom. The van der Waals surface area contributed by atoms with E-state index in [4.69, 9.17) is 11.6 Å². The van der Waals surface area contributed by atoms with E-state index in [1.807, 2.05) is 19.1 Å². The third kappa shape index (κ3) is 2.88. The molecule has 1 N–H and O–H groups in total. The van der Waals surface area contributed by atoms with Crippen molar-refractivity contribution in [3.8, 4) is 0 Å². The number of carbonyl (C=O) groups is 1. The molecule has 0 aromatic carbocycles. The zero-order valence-electron chi connectivity index (χ0n) is 10.1. The van der Waals surface area contributed by atoms with Crippen LogP contribution < -0.4 is 0 Å². The smallest absolute Gasteiger partial charge is 0.293 e. The number of nitrogens with zero attached hydrogens (tertiary/aromatic N) is 3. The topological polar surface area (TPSA) is 61.9 Å². The number of nitrogens with one attached hydrogen (secondary N) is 1. The summed E-state index contributed by atoms with van der Waals surface area (Å²) in [5.74, 6) is 0.664. The molecule has 0 spiro atoms. The molecule has 2 aromatic heterocycles. The first-order valence-corrected chi connectivity index (χ1v) is 6.72. The lowest BCUT2D eigenvalue weighted by molar-refractivity contribution is 0.0742. The van der Waals surface area contributed by atoms with Gasteiger partial charge in [-0.1, -0.05) is 11.6 Å². The van der Waals surface area contributed by atoms with Gasteiger partial charge in [0.1, 0.15) is 5.82 Å². The van der Waals surface area contributed by atoms with Crippen LogP contribution in [0.3, 0.4) is 0 Å². The molecule has 0 aliphatic heterocycles. The Morgan fingerprint density at radius 1 is 1.56 bits per heavy atom. The average molecular weight is 285 g/mol. The van der Waals surface area contributed by atoms with Gasteiger partial charge in [-0.2, -0.15) is 0 Å². The molecule has 0 unspecified atom stereocenters. The standard InChI is InChI=1S/C11H13ClN4OS/c1-3-16(6-8-4-5-9(12)18-8)11(17)10-13-7(2)14-15-10/h4-5H,3,6H2,1-2H3,(H,13,14,15). The first kappa shape index (κ1) is 13.0. The highest BCUT2D eigenvalue weighted by Gasteiger charge is 2.19. The third-order valence-electron chi connectivity index (χ3n) is 2.43. The first-order valence-electron chi connectivity index (χ1n) is 5.52. The van der Waals surface area contributed by atoms with Crippen LogP contribution in [-0.4, -0.2) is 32.5 Å². The number of halogens is 1. The summed E-state index contributed by atoms with van der Waals surface area (Å²) in [6.07, 6.45) is 0. The number of carbonyl (C=O) groups excluding carboxylic acids is 1. The highest BCUT2D eigenvalue weighted by Crippen LogP contribution is 2.23. The number of aryl methyl sites for hydroxylation is 1. The van der Waals surface area contributed by atoms with Crippen LogP contribution in [0, 0.1) is 6.92 Å². The van der Waals surface area contributed by atoms with E-state index in [2.05, 4.69) is 15.2 Å². The first-order chi connectivity index (χ1) is 8.60. The van der Waals surface area contributed by atoms with Crippen molar-refractivity contribution in [2.24, 2.45) is 0 Å². The van der Waals surface area contributed by atoms with Crippen molar-refractivity contribution in [1.82, 2.24) is 20.1 Å². The molecule has 0 aliphatic rings. The molecule has 0 saturated carbocycles. The zero-order valence-corrected chi connectivity index (χ0v) is 11.7. The van der Waals surface area contributed by atoms with Crippen LogP contribution in [0.15, 0.2) is 12.1 Å². The molecule has 2 heterocycles. The van der Waals surface area contributed by atoms with Crippen LogP contribution in [0.2, 0.25) is 4.34 Å². The van der Waals surface area contributed by atoms with Gasteiger partial charge in [-0.15, -0.1) is 16.4 Å². The molecule has 1 amide bonds. The van der Waals surface area contributed by atoms with Gasteiger partial charge in [0.25, 0.3) is 5.91 Å². The van der Waals surface area contributed by atoms with Crippen molar-refractivity contribution < 1.29 is 4.79 Å².